The predicted octanol–water partition coefficient (Wildman–Crippen LogP) is 7.49. The summed E-state index contributed by atoms with van der Waals surface area (Å²) in [6.45, 7) is 11.7. The molecule has 1 amide bonds. The van der Waals surface area contributed by atoms with Crippen molar-refractivity contribution in [2.45, 2.75) is 124 Å². The summed E-state index contributed by atoms with van der Waals surface area (Å²) in [7, 11) is 0. The average Bonchev–Trinajstić information content (AvgIpc) is 3.60. The molecule has 0 radical (unpaired) electrons. The Bertz CT molecular complexity index is 1520. The lowest BCUT2D eigenvalue weighted by atomic mass is 9.76. The van der Waals surface area contributed by atoms with Crippen molar-refractivity contribution in [3.05, 3.63) is 71.8 Å². The molecule has 4 atom stereocenters. The van der Waals surface area contributed by atoms with Crippen LogP contribution in [0, 0.1) is 23.2 Å². The number of benzene rings is 2. The zero-order valence-corrected chi connectivity index (χ0v) is 31.5. The van der Waals surface area contributed by atoms with Gasteiger partial charge in [-0.2, -0.15) is 0 Å². The van der Waals surface area contributed by atoms with Crippen LogP contribution >= 0.6 is 0 Å². The van der Waals surface area contributed by atoms with Crippen LogP contribution in [0.1, 0.15) is 123 Å². The van der Waals surface area contributed by atoms with Crippen molar-refractivity contribution in [3.63, 3.8) is 0 Å². The van der Waals surface area contributed by atoms with E-state index in [-0.39, 0.29) is 73.5 Å². The topological polar surface area (TPSA) is 123 Å². The largest absolute Gasteiger partial charge is 0.332 e. The molecule has 0 bridgehead atoms. The summed E-state index contributed by atoms with van der Waals surface area (Å²) in [6.07, 6.45) is 2.55. The van der Waals surface area contributed by atoms with E-state index in [9.17, 15) is 33.6 Å². The average molecular weight is 700 g/mol. The molecule has 0 saturated carbocycles. The summed E-state index contributed by atoms with van der Waals surface area (Å²) in [5, 5.41) is 0. The van der Waals surface area contributed by atoms with E-state index in [0.29, 0.717) is 32.2 Å². The number of carbonyl (C=O) groups is 7. The van der Waals surface area contributed by atoms with Gasteiger partial charge in [-0.3, -0.25) is 33.6 Å². The second kappa shape index (κ2) is 19.5. The molecule has 1 aliphatic heterocycles. The van der Waals surface area contributed by atoms with Crippen LogP contribution in [0.2, 0.25) is 0 Å². The Morgan fingerprint density at radius 1 is 0.804 bits per heavy atom. The van der Waals surface area contributed by atoms with Crippen LogP contribution in [-0.4, -0.2) is 58.1 Å². The molecule has 1 aliphatic rings. The highest BCUT2D eigenvalue weighted by molar-refractivity contribution is 6.38. The Labute approximate surface area is 304 Å². The highest BCUT2D eigenvalue weighted by atomic mass is 16.2. The van der Waals surface area contributed by atoms with E-state index < -0.39 is 40.8 Å². The molecule has 51 heavy (non-hydrogen) atoms. The van der Waals surface area contributed by atoms with E-state index in [4.69, 9.17) is 0 Å². The summed E-state index contributed by atoms with van der Waals surface area (Å²) in [5.74, 6) is -4.51. The van der Waals surface area contributed by atoms with Crippen molar-refractivity contribution in [2.24, 2.45) is 23.2 Å². The Morgan fingerprint density at radius 3 is 2.02 bits per heavy atom. The first-order chi connectivity index (χ1) is 24.1. The lowest BCUT2D eigenvalue weighted by Crippen LogP contribution is -2.47. The van der Waals surface area contributed by atoms with Crippen molar-refractivity contribution in [3.8, 4) is 0 Å². The van der Waals surface area contributed by atoms with Crippen LogP contribution in [0.5, 0.6) is 0 Å². The van der Waals surface area contributed by atoms with Gasteiger partial charge in [0.05, 0.1) is 6.04 Å². The van der Waals surface area contributed by atoms with Gasteiger partial charge in [-0.25, -0.2) is 0 Å². The molecule has 1 unspecified atom stereocenters. The second-order valence-electron chi connectivity index (χ2n) is 15.6. The summed E-state index contributed by atoms with van der Waals surface area (Å²) in [6, 6.07) is 17.8. The highest BCUT2D eigenvalue weighted by Gasteiger charge is 2.42. The standard InChI is InChI=1S/C43H57NO7/c1-7-8-18-32(41(50)38(47)23-22-33(45)27-35(40(49)29(2)3)31-19-13-10-14-20-31)26-39(48)37-21-15-24-44(37)42(51)36(43(4,5)6)28-34(46)25-30-16-11-9-12-17-30/h9-14,16-17,19-20,29,32,35-37H,7-8,15,18,21-28H2,1-6H3/t32?,35-,36+,37-/m0/s1. The van der Waals surface area contributed by atoms with Crippen molar-refractivity contribution < 1.29 is 33.6 Å². The van der Waals surface area contributed by atoms with Gasteiger partial charge in [-0.1, -0.05) is 115 Å². The zero-order chi connectivity index (χ0) is 37.7. The molecule has 1 fully saturated rings. The molecule has 1 saturated heterocycles. The number of ketones is 6. The van der Waals surface area contributed by atoms with Gasteiger partial charge in [0.15, 0.2) is 11.6 Å². The summed E-state index contributed by atoms with van der Waals surface area (Å²) >= 11 is 0. The number of Topliss-reactive ketones (excluding diaryl/α,β-unsaturated/α-hetero) is 6. The molecule has 8 nitrogen and oxygen atoms in total. The first kappa shape index (κ1) is 41.4. The van der Waals surface area contributed by atoms with Crippen LogP contribution in [0.15, 0.2) is 60.7 Å². The molecule has 1 heterocycles. The number of amides is 1. The monoisotopic (exact) mass is 699 g/mol. The lowest BCUT2D eigenvalue weighted by Gasteiger charge is -2.35. The number of hydrogen-bond acceptors (Lipinski definition) is 7. The van der Waals surface area contributed by atoms with E-state index in [0.717, 1.165) is 17.5 Å². The maximum absolute atomic E-state index is 14.0. The van der Waals surface area contributed by atoms with Gasteiger partial charge >= 0.3 is 0 Å². The smallest absolute Gasteiger partial charge is 0.227 e. The van der Waals surface area contributed by atoms with Gasteiger partial charge in [0.2, 0.25) is 11.7 Å². The van der Waals surface area contributed by atoms with Gasteiger partial charge in [0.25, 0.3) is 0 Å². The third-order valence-corrected chi connectivity index (χ3v) is 10.1. The molecule has 0 spiro atoms. The lowest BCUT2D eigenvalue weighted by molar-refractivity contribution is -0.146. The second-order valence-corrected chi connectivity index (χ2v) is 15.6. The summed E-state index contributed by atoms with van der Waals surface area (Å²) in [5.41, 5.74) is 1.11. The minimum atomic E-state index is -0.831. The first-order valence-electron chi connectivity index (χ1n) is 18.7. The molecule has 3 rings (SSSR count). The summed E-state index contributed by atoms with van der Waals surface area (Å²) in [4.78, 5) is 95.2. The molecule has 0 aromatic heterocycles. The van der Waals surface area contributed by atoms with Crippen LogP contribution < -0.4 is 0 Å². The number of nitrogens with zero attached hydrogens (tertiary/aromatic N) is 1. The SMILES string of the molecule is CCCCC(CC(=O)[C@@H]1CCCN1C(=O)[C@@H](CC(=O)Cc1ccccc1)C(C)(C)C)C(=O)C(=O)CCC(=O)C[C@H](C(=O)C(C)C)c1ccccc1. The van der Waals surface area contributed by atoms with Crippen LogP contribution in [-0.2, 0) is 40.0 Å². The minimum Gasteiger partial charge on any atom is -0.332 e. The zero-order valence-electron chi connectivity index (χ0n) is 31.5. The molecule has 8 heteroatoms. The quantitative estimate of drug-likeness (QED) is 0.124. The van der Waals surface area contributed by atoms with E-state index in [1.807, 2.05) is 88.4 Å². The Hall–Kier alpha value is -4.07. The third kappa shape index (κ3) is 12.3. The van der Waals surface area contributed by atoms with Gasteiger partial charge < -0.3 is 4.90 Å². The normalized spacial score (nSPS) is 16.4. The number of unbranched alkanes of at least 4 members (excludes halogenated alkanes) is 1. The predicted molar refractivity (Wildman–Crippen MR) is 198 cm³/mol. The fraction of sp³-hybridized carbons (Fsp3) is 0.558. The fourth-order valence-corrected chi connectivity index (χ4v) is 7.01. The van der Waals surface area contributed by atoms with Gasteiger partial charge in [0.1, 0.15) is 17.3 Å². The Morgan fingerprint density at radius 2 is 1.43 bits per heavy atom. The highest BCUT2D eigenvalue weighted by Crippen LogP contribution is 2.34. The Kier molecular flexibility index (Phi) is 15.8. The minimum absolute atomic E-state index is 0.0409. The van der Waals surface area contributed by atoms with E-state index in [2.05, 4.69) is 0 Å². The number of likely N-dealkylation sites (tertiary alicyclic amines) is 1. The van der Waals surface area contributed by atoms with Crippen LogP contribution in [0.25, 0.3) is 0 Å². The Balaban J connectivity index is 1.66. The van der Waals surface area contributed by atoms with E-state index >= 15 is 0 Å². The molecular weight excluding hydrogens is 642 g/mol. The third-order valence-electron chi connectivity index (χ3n) is 10.1. The molecule has 2 aromatic carbocycles. The number of rotatable bonds is 21. The van der Waals surface area contributed by atoms with Crippen LogP contribution in [0.4, 0.5) is 0 Å². The fourth-order valence-electron chi connectivity index (χ4n) is 7.01. The maximum Gasteiger partial charge on any atom is 0.227 e. The van der Waals surface area contributed by atoms with E-state index in [1.165, 1.54) is 0 Å². The molecule has 0 aliphatic carbocycles. The number of carbonyl (C=O) groups excluding carboxylic acids is 7. The van der Waals surface area contributed by atoms with Crippen molar-refractivity contribution in [2.75, 3.05) is 6.54 Å². The maximum atomic E-state index is 14.0. The molecule has 2 aromatic rings. The number of hydrogen-bond donors (Lipinski definition) is 0. The molecule has 0 N–H and O–H groups in total. The van der Waals surface area contributed by atoms with Crippen molar-refractivity contribution in [1.29, 1.82) is 0 Å². The first-order valence-corrected chi connectivity index (χ1v) is 18.7. The van der Waals surface area contributed by atoms with Gasteiger partial charge in [0, 0.05) is 68.7 Å². The van der Waals surface area contributed by atoms with Crippen LogP contribution in [0.3, 0.4) is 0 Å². The van der Waals surface area contributed by atoms with Gasteiger partial charge in [-0.05, 0) is 35.8 Å². The van der Waals surface area contributed by atoms with Crippen molar-refractivity contribution >= 4 is 40.6 Å². The molecule has 276 valence electrons. The van der Waals surface area contributed by atoms with E-state index in [1.54, 1.807) is 18.7 Å². The molecular formula is C43H57NO7. The van der Waals surface area contributed by atoms with Crippen molar-refractivity contribution in [1.82, 2.24) is 4.90 Å². The summed E-state index contributed by atoms with van der Waals surface area (Å²) < 4.78 is 0. The van der Waals surface area contributed by atoms with Gasteiger partial charge in [-0.15, -0.1) is 0 Å².